The molecule has 0 bridgehead atoms. The molecule has 0 spiro atoms. The number of nitrogens with zero attached hydrogens (tertiary/aromatic N) is 2. The van der Waals surface area contributed by atoms with Crippen LogP contribution in [0.25, 0.3) is 0 Å². The highest BCUT2D eigenvalue weighted by Crippen LogP contribution is 2.38. The summed E-state index contributed by atoms with van der Waals surface area (Å²) < 4.78 is 0. The Morgan fingerprint density at radius 3 is 2.70 bits per heavy atom. The summed E-state index contributed by atoms with van der Waals surface area (Å²) >= 11 is 0. The second kappa shape index (κ2) is 5.82. The standard InChI is InChI=1S/C19H27N3O/c1-13-4-7-18(21-8-2-3-9-21)15(10-13)19(23)22-11-14-5-6-17(20)16(14)12-22/h4,7,10,14,16-17H,2-3,5-6,8-9,11-12,20H2,1H3. The lowest BCUT2D eigenvalue weighted by molar-refractivity contribution is 0.0780. The zero-order chi connectivity index (χ0) is 16.0. The van der Waals surface area contributed by atoms with E-state index in [-0.39, 0.29) is 11.9 Å². The van der Waals surface area contributed by atoms with Gasteiger partial charge >= 0.3 is 0 Å². The van der Waals surface area contributed by atoms with Crippen LogP contribution in [0.1, 0.15) is 41.6 Å². The Balaban J connectivity index is 1.60. The molecule has 3 atom stereocenters. The van der Waals surface area contributed by atoms with Gasteiger partial charge in [-0.05, 0) is 56.6 Å². The Bertz CT molecular complexity index is 609. The molecule has 3 unspecified atom stereocenters. The maximum atomic E-state index is 13.2. The van der Waals surface area contributed by atoms with Crippen molar-refractivity contribution in [3.05, 3.63) is 29.3 Å². The zero-order valence-electron chi connectivity index (χ0n) is 14.0. The van der Waals surface area contributed by atoms with Crippen LogP contribution in [0.4, 0.5) is 5.69 Å². The number of nitrogens with two attached hydrogens (primary N) is 1. The zero-order valence-corrected chi connectivity index (χ0v) is 14.0. The quantitative estimate of drug-likeness (QED) is 0.912. The molecule has 1 saturated carbocycles. The summed E-state index contributed by atoms with van der Waals surface area (Å²) in [5, 5.41) is 0. The van der Waals surface area contributed by atoms with E-state index in [1.165, 1.54) is 19.3 Å². The van der Waals surface area contributed by atoms with E-state index in [1.807, 2.05) is 0 Å². The van der Waals surface area contributed by atoms with E-state index in [4.69, 9.17) is 5.73 Å². The molecule has 0 aromatic heterocycles. The lowest BCUT2D eigenvalue weighted by atomic mass is 9.98. The molecule has 4 nitrogen and oxygen atoms in total. The van der Waals surface area contributed by atoms with Crippen LogP contribution in [0.3, 0.4) is 0 Å². The van der Waals surface area contributed by atoms with Crippen LogP contribution >= 0.6 is 0 Å². The Labute approximate surface area is 138 Å². The van der Waals surface area contributed by atoms with E-state index < -0.39 is 0 Å². The minimum absolute atomic E-state index is 0.206. The van der Waals surface area contributed by atoms with Gasteiger partial charge in [0, 0.05) is 37.9 Å². The lowest BCUT2D eigenvalue weighted by Gasteiger charge is -2.25. The fraction of sp³-hybridized carbons (Fsp3) is 0.632. The average Bonchev–Trinajstić information content (AvgIpc) is 3.25. The molecule has 3 aliphatic rings. The lowest BCUT2D eigenvalue weighted by Crippen LogP contribution is -2.34. The number of benzene rings is 1. The van der Waals surface area contributed by atoms with E-state index in [1.54, 1.807) is 0 Å². The Morgan fingerprint density at radius 1 is 1.17 bits per heavy atom. The molecule has 2 heterocycles. The SMILES string of the molecule is Cc1ccc(N2CCCC2)c(C(=O)N2CC3CCC(N)C3C2)c1. The van der Waals surface area contributed by atoms with Crippen molar-refractivity contribution in [1.82, 2.24) is 4.90 Å². The number of likely N-dealkylation sites (tertiary alicyclic amines) is 1. The molecule has 2 aliphatic heterocycles. The van der Waals surface area contributed by atoms with Crippen LogP contribution < -0.4 is 10.6 Å². The third-order valence-corrected chi connectivity index (χ3v) is 6.03. The first kappa shape index (κ1) is 15.0. The summed E-state index contributed by atoms with van der Waals surface area (Å²) in [6, 6.07) is 6.62. The van der Waals surface area contributed by atoms with Gasteiger partial charge in [0.25, 0.3) is 5.91 Å². The molecule has 2 N–H and O–H groups in total. The maximum absolute atomic E-state index is 13.2. The molecule has 0 radical (unpaired) electrons. The van der Waals surface area contributed by atoms with Crippen LogP contribution in [0.5, 0.6) is 0 Å². The Kier molecular flexibility index (Phi) is 3.80. The van der Waals surface area contributed by atoms with Gasteiger partial charge in [-0.1, -0.05) is 11.6 Å². The Morgan fingerprint density at radius 2 is 1.96 bits per heavy atom. The molecule has 23 heavy (non-hydrogen) atoms. The predicted octanol–water partition coefficient (Wildman–Crippen LogP) is 2.40. The minimum atomic E-state index is 0.206. The smallest absolute Gasteiger partial charge is 0.255 e. The molecule has 1 aromatic carbocycles. The monoisotopic (exact) mass is 313 g/mol. The second-order valence-electron chi connectivity index (χ2n) is 7.59. The van der Waals surface area contributed by atoms with E-state index in [0.29, 0.717) is 11.8 Å². The van der Waals surface area contributed by atoms with E-state index >= 15 is 0 Å². The van der Waals surface area contributed by atoms with Gasteiger partial charge in [-0.3, -0.25) is 4.79 Å². The van der Waals surface area contributed by atoms with Gasteiger partial charge in [0.05, 0.1) is 5.56 Å². The van der Waals surface area contributed by atoms with Crippen molar-refractivity contribution in [3.8, 4) is 0 Å². The van der Waals surface area contributed by atoms with E-state index in [2.05, 4.69) is 34.9 Å². The first-order valence-corrected chi connectivity index (χ1v) is 9.04. The molecule has 2 saturated heterocycles. The first-order valence-electron chi connectivity index (χ1n) is 9.04. The number of fused-ring (bicyclic) bond motifs is 1. The largest absolute Gasteiger partial charge is 0.371 e. The molecule has 4 heteroatoms. The van der Waals surface area contributed by atoms with Crippen LogP contribution in [-0.2, 0) is 0 Å². The Hall–Kier alpha value is -1.55. The third-order valence-electron chi connectivity index (χ3n) is 6.03. The van der Waals surface area contributed by atoms with Crippen LogP contribution in [0.2, 0.25) is 0 Å². The highest BCUT2D eigenvalue weighted by Gasteiger charge is 2.43. The minimum Gasteiger partial charge on any atom is -0.371 e. The average molecular weight is 313 g/mol. The van der Waals surface area contributed by atoms with Gasteiger partial charge in [-0.2, -0.15) is 0 Å². The van der Waals surface area contributed by atoms with Crippen LogP contribution in [-0.4, -0.2) is 43.0 Å². The highest BCUT2D eigenvalue weighted by molar-refractivity contribution is 6.00. The number of hydrogen-bond acceptors (Lipinski definition) is 3. The fourth-order valence-electron chi connectivity index (χ4n) is 4.70. The van der Waals surface area contributed by atoms with Crippen LogP contribution in [0.15, 0.2) is 18.2 Å². The summed E-state index contributed by atoms with van der Waals surface area (Å²) in [5.74, 6) is 1.34. The molecule has 4 rings (SSSR count). The third kappa shape index (κ3) is 2.63. The molecule has 1 aromatic rings. The summed E-state index contributed by atoms with van der Waals surface area (Å²) in [5.41, 5.74) is 9.40. The van der Waals surface area contributed by atoms with Crippen molar-refractivity contribution in [3.63, 3.8) is 0 Å². The predicted molar refractivity (Wildman–Crippen MR) is 92.7 cm³/mol. The molecule has 124 valence electrons. The van der Waals surface area contributed by atoms with Gasteiger partial charge in [0.1, 0.15) is 0 Å². The topological polar surface area (TPSA) is 49.6 Å². The molecule has 1 aliphatic carbocycles. The van der Waals surface area contributed by atoms with Gasteiger partial charge in [0.15, 0.2) is 0 Å². The summed E-state index contributed by atoms with van der Waals surface area (Å²) in [4.78, 5) is 17.6. The van der Waals surface area contributed by atoms with Crippen molar-refractivity contribution in [2.24, 2.45) is 17.6 Å². The van der Waals surface area contributed by atoms with Crippen LogP contribution in [0, 0.1) is 18.8 Å². The summed E-state index contributed by atoms with van der Waals surface area (Å²) in [6.07, 6.45) is 4.76. The number of carbonyl (C=O) groups is 1. The normalized spacial score (nSPS) is 30.1. The van der Waals surface area contributed by atoms with E-state index in [0.717, 1.165) is 49.4 Å². The number of anilines is 1. The number of hydrogen-bond donors (Lipinski definition) is 1. The van der Waals surface area contributed by atoms with Gasteiger partial charge in [0.2, 0.25) is 0 Å². The molecular formula is C19H27N3O. The molecular weight excluding hydrogens is 286 g/mol. The number of aryl methyl sites for hydroxylation is 1. The van der Waals surface area contributed by atoms with Gasteiger partial charge < -0.3 is 15.5 Å². The van der Waals surface area contributed by atoms with Crippen molar-refractivity contribution in [2.45, 2.75) is 38.6 Å². The number of carbonyl (C=O) groups excluding carboxylic acids is 1. The second-order valence-corrected chi connectivity index (χ2v) is 7.59. The summed E-state index contributed by atoms with van der Waals surface area (Å²) in [6.45, 7) is 5.95. The van der Waals surface area contributed by atoms with Crippen molar-refractivity contribution in [1.29, 1.82) is 0 Å². The fourth-order valence-corrected chi connectivity index (χ4v) is 4.70. The van der Waals surface area contributed by atoms with E-state index in [9.17, 15) is 4.79 Å². The highest BCUT2D eigenvalue weighted by atomic mass is 16.2. The molecule has 1 amide bonds. The number of rotatable bonds is 2. The summed E-state index contributed by atoms with van der Waals surface area (Å²) in [7, 11) is 0. The van der Waals surface area contributed by atoms with Crippen molar-refractivity contribution in [2.75, 3.05) is 31.1 Å². The van der Waals surface area contributed by atoms with Gasteiger partial charge in [-0.25, -0.2) is 0 Å². The van der Waals surface area contributed by atoms with Crippen molar-refractivity contribution >= 4 is 11.6 Å². The van der Waals surface area contributed by atoms with Gasteiger partial charge in [-0.15, -0.1) is 0 Å². The molecule has 3 fully saturated rings. The number of amides is 1. The first-order chi connectivity index (χ1) is 11.1. The van der Waals surface area contributed by atoms with Crippen molar-refractivity contribution < 1.29 is 4.79 Å². The maximum Gasteiger partial charge on any atom is 0.255 e.